The molecule has 0 bridgehead atoms. The Labute approximate surface area is 94.0 Å². The van der Waals surface area contributed by atoms with E-state index in [1.165, 1.54) is 6.07 Å². The van der Waals surface area contributed by atoms with Crippen LogP contribution in [-0.2, 0) is 6.42 Å². The third-order valence-electron chi connectivity index (χ3n) is 2.06. The minimum absolute atomic E-state index is 0.158. The van der Waals surface area contributed by atoms with E-state index < -0.39 is 0 Å². The smallest absolute Gasteiger partial charge is 0.127 e. The van der Waals surface area contributed by atoms with Gasteiger partial charge in [-0.2, -0.15) is 0 Å². The van der Waals surface area contributed by atoms with Gasteiger partial charge in [-0.25, -0.2) is 4.39 Å². The molecule has 0 heterocycles. The maximum Gasteiger partial charge on any atom is 0.127 e. The molecule has 0 saturated carbocycles. The van der Waals surface area contributed by atoms with E-state index in [0.29, 0.717) is 10.6 Å². The predicted molar refractivity (Wildman–Crippen MR) is 59.7 cm³/mol. The van der Waals surface area contributed by atoms with Crippen molar-refractivity contribution < 1.29 is 4.39 Å². The fraction of sp³-hybridized carbons (Fsp3) is 0.455. The average Bonchev–Trinajstić information content (AvgIpc) is 2.08. The topological polar surface area (TPSA) is 0 Å². The standard InChI is InChI=1S/C11H13Cl2F/c1-8(12)3-2-4-9-5-6-10(13)7-11(9)14/h5-8H,2-4H2,1H3. The van der Waals surface area contributed by atoms with E-state index in [0.717, 1.165) is 19.3 Å². The first kappa shape index (κ1) is 11.8. The van der Waals surface area contributed by atoms with Crippen LogP contribution in [0.15, 0.2) is 18.2 Å². The second kappa shape index (κ2) is 5.57. The molecule has 0 spiro atoms. The highest BCUT2D eigenvalue weighted by atomic mass is 35.5. The van der Waals surface area contributed by atoms with Gasteiger partial charge < -0.3 is 0 Å². The maximum absolute atomic E-state index is 13.3. The number of hydrogen-bond acceptors (Lipinski definition) is 0. The zero-order valence-corrected chi connectivity index (χ0v) is 9.58. The largest absolute Gasteiger partial charge is 0.207 e. The van der Waals surface area contributed by atoms with Crippen molar-refractivity contribution in [1.82, 2.24) is 0 Å². The molecule has 0 fully saturated rings. The molecule has 1 unspecified atom stereocenters. The third kappa shape index (κ3) is 3.85. The van der Waals surface area contributed by atoms with E-state index in [-0.39, 0.29) is 11.2 Å². The van der Waals surface area contributed by atoms with Crippen molar-refractivity contribution in [3.05, 3.63) is 34.6 Å². The number of hydrogen-bond donors (Lipinski definition) is 0. The molecular formula is C11H13Cl2F. The maximum atomic E-state index is 13.3. The molecule has 1 atom stereocenters. The minimum Gasteiger partial charge on any atom is -0.207 e. The van der Waals surface area contributed by atoms with Gasteiger partial charge in [0.2, 0.25) is 0 Å². The summed E-state index contributed by atoms with van der Waals surface area (Å²) in [6.07, 6.45) is 2.53. The SMILES string of the molecule is CC(Cl)CCCc1ccc(Cl)cc1F. The van der Waals surface area contributed by atoms with Gasteiger partial charge in [0.25, 0.3) is 0 Å². The number of benzene rings is 1. The average molecular weight is 235 g/mol. The summed E-state index contributed by atoms with van der Waals surface area (Å²) in [5.41, 5.74) is 0.715. The van der Waals surface area contributed by atoms with Gasteiger partial charge in [0, 0.05) is 10.4 Å². The fourth-order valence-corrected chi connectivity index (χ4v) is 1.61. The molecule has 0 saturated heterocycles. The van der Waals surface area contributed by atoms with Gasteiger partial charge in [-0.05, 0) is 43.9 Å². The molecule has 78 valence electrons. The summed E-state index contributed by atoms with van der Waals surface area (Å²) in [5, 5.41) is 0.599. The first-order valence-corrected chi connectivity index (χ1v) is 5.49. The lowest BCUT2D eigenvalue weighted by atomic mass is 10.1. The van der Waals surface area contributed by atoms with Crippen molar-refractivity contribution in [2.75, 3.05) is 0 Å². The number of halogens is 3. The van der Waals surface area contributed by atoms with Gasteiger partial charge in [0.1, 0.15) is 5.82 Å². The molecule has 1 aromatic rings. The molecule has 1 aromatic carbocycles. The van der Waals surface area contributed by atoms with Crippen LogP contribution in [0, 0.1) is 5.82 Å². The Morgan fingerprint density at radius 3 is 2.71 bits per heavy atom. The Morgan fingerprint density at radius 1 is 1.43 bits per heavy atom. The van der Waals surface area contributed by atoms with Crippen LogP contribution in [0.25, 0.3) is 0 Å². The van der Waals surface area contributed by atoms with Crippen molar-refractivity contribution >= 4 is 23.2 Å². The first-order chi connectivity index (χ1) is 6.59. The van der Waals surface area contributed by atoms with E-state index in [2.05, 4.69) is 0 Å². The second-order valence-electron chi connectivity index (χ2n) is 3.41. The Bertz CT molecular complexity index is 297. The van der Waals surface area contributed by atoms with Gasteiger partial charge in [-0.1, -0.05) is 17.7 Å². The summed E-state index contributed by atoms with van der Waals surface area (Å²) < 4.78 is 13.3. The van der Waals surface area contributed by atoms with Gasteiger partial charge in [0.05, 0.1) is 0 Å². The van der Waals surface area contributed by atoms with Crippen LogP contribution in [-0.4, -0.2) is 5.38 Å². The van der Waals surface area contributed by atoms with E-state index in [1.807, 2.05) is 6.92 Å². The predicted octanol–water partition coefficient (Wildman–Crippen LogP) is 4.43. The molecule has 0 radical (unpaired) electrons. The Hall–Kier alpha value is -0.270. The summed E-state index contributed by atoms with van der Waals surface area (Å²) in [6, 6.07) is 4.79. The second-order valence-corrected chi connectivity index (χ2v) is 4.59. The summed E-state index contributed by atoms with van der Waals surface area (Å²) >= 11 is 11.4. The molecule has 0 nitrogen and oxygen atoms in total. The zero-order valence-electron chi connectivity index (χ0n) is 8.06. The normalized spacial score (nSPS) is 12.9. The van der Waals surface area contributed by atoms with Crippen molar-refractivity contribution in [3.8, 4) is 0 Å². The lowest BCUT2D eigenvalue weighted by Gasteiger charge is -2.04. The van der Waals surface area contributed by atoms with Crippen molar-refractivity contribution in [2.24, 2.45) is 0 Å². The lowest BCUT2D eigenvalue weighted by molar-refractivity contribution is 0.599. The Kier molecular flexibility index (Phi) is 4.70. The van der Waals surface area contributed by atoms with Gasteiger partial charge >= 0.3 is 0 Å². The minimum atomic E-state index is -0.222. The molecule has 0 aliphatic rings. The fourth-order valence-electron chi connectivity index (χ4n) is 1.30. The van der Waals surface area contributed by atoms with Crippen LogP contribution in [0.4, 0.5) is 4.39 Å². The van der Waals surface area contributed by atoms with Crippen LogP contribution >= 0.6 is 23.2 Å². The molecule has 14 heavy (non-hydrogen) atoms. The highest BCUT2D eigenvalue weighted by Crippen LogP contribution is 2.17. The molecule has 0 aliphatic carbocycles. The number of aryl methyl sites for hydroxylation is 1. The van der Waals surface area contributed by atoms with Crippen LogP contribution in [0.1, 0.15) is 25.3 Å². The summed E-state index contributed by atoms with van der Waals surface area (Å²) in [6.45, 7) is 1.94. The molecule has 0 N–H and O–H groups in total. The van der Waals surface area contributed by atoms with Crippen LogP contribution in [0.3, 0.4) is 0 Å². The Balaban J connectivity index is 2.51. The van der Waals surface area contributed by atoms with Crippen molar-refractivity contribution in [3.63, 3.8) is 0 Å². The summed E-state index contributed by atoms with van der Waals surface area (Å²) in [7, 11) is 0. The van der Waals surface area contributed by atoms with E-state index in [1.54, 1.807) is 12.1 Å². The Morgan fingerprint density at radius 2 is 2.14 bits per heavy atom. The highest BCUT2D eigenvalue weighted by Gasteiger charge is 2.03. The summed E-state index contributed by atoms with van der Waals surface area (Å²) in [4.78, 5) is 0. The van der Waals surface area contributed by atoms with E-state index in [9.17, 15) is 4.39 Å². The number of alkyl halides is 1. The summed E-state index contributed by atoms with van der Waals surface area (Å²) in [5.74, 6) is -0.222. The van der Waals surface area contributed by atoms with Gasteiger partial charge in [-0.15, -0.1) is 11.6 Å². The lowest BCUT2D eigenvalue weighted by Crippen LogP contribution is -1.95. The van der Waals surface area contributed by atoms with Crippen molar-refractivity contribution in [1.29, 1.82) is 0 Å². The van der Waals surface area contributed by atoms with E-state index >= 15 is 0 Å². The van der Waals surface area contributed by atoms with Crippen LogP contribution < -0.4 is 0 Å². The quantitative estimate of drug-likeness (QED) is 0.677. The van der Waals surface area contributed by atoms with Gasteiger partial charge in [0.15, 0.2) is 0 Å². The highest BCUT2D eigenvalue weighted by molar-refractivity contribution is 6.30. The molecule has 0 aromatic heterocycles. The molecule has 3 heteroatoms. The van der Waals surface area contributed by atoms with Crippen molar-refractivity contribution in [2.45, 2.75) is 31.6 Å². The van der Waals surface area contributed by atoms with Gasteiger partial charge in [-0.3, -0.25) is 0 Å². The monoisotopic (exact) mass is 234 g/mol. The number of rotatable bonds is 4. The third-order valence-corrected chi connectivity index (χ3v) is 2.52. The van der Waals surface area contributed by atoms with Crippen LogP contribution in [0.5, 0.6) is 0 Å². The first-order valence-electron chi connectivity index (χ1n) is 4.67. The molecule has 0 aliphatic heterocycles. The molecule has 0 amide bonds. The molecule has 1 rings (SSSR count). The zero-order chi connectivity index (χ0) is 10.6. The van der Waals surface area contributed by atoms with Crippen LogP contribution in [0.2, 0.25) is 5.02 Å². The van der Waals surface area contributed by atoms with E-state index in [4.69, 9.17) is 23.2 Å². The molecular weight excluding hydrogens is 222 g/mol.